The van der Waals surface area contributed by atoms with Gasteiger partial charge in [-0.1, -0.05) is 47.0 Å². The van der Waals surface area contributed by atoms with Gasteiger partial charge >= 0.3 is 5.97 Å². The molecule has 0 aliphatic heterocycles. The van der Waals surface area contributed by atoms with Crippen molar-refractivity contribution in [1.82, 2.24) is 10.2 Å². The lowest BCUT2D eigenvalue weighted by Crippen LogP contribution is -2.02. The van der Waals surface area contributed by atoms with Crippen LogP contribution in [0.3, 0.4) is 0 Å². The maximum absolute atomic E-state index is 11.4. The Balaban J connectivity index is 1.38. The standard InChI is InChI=1S/C20H20N2O4S3/c1-24-16-7-3-14(4-8-16)13-28-20-22-21-19(29-20)27-12-11-26-17-9-5-15(6-10-17)18(23)25-2/h3-10H,11-13H2,1-2H3. The average Bonchev–Trinajstić information content (AvgIpc) is 3.23. The number of ether oxygens (including phenoxy) is 3. The van der Waals surface area contributed by atoms with Gasteiger partial charge in [0.2, 0.25) is 0 Å². The summed E-state index contributed by atoms with van der Waals surface area (Å²) >= 11 is 4.87. The summed E-state index contributed by atoms with van der Waals surface area (Å²) in [6, 6.07) is 14.9. The van der Waals surface area contributed by atoms with Gasteiger partial charge in [0.1, 0.15) is 11.5 Å². The fraction of sp³-hybridized carbons (Fsp3) is 0.250. The number of hydrogen-bond acceptors (Lipinski definition) is 9. The molecule has 152 valence electrons. The molecule has 0 amide bonds. The average molecular weight is 449 g/mol. The van der Waals surface area contributed by atoms with Gasteiger partial charge in [0.05, 0.1) is 26.4 Å². The Morgan fingerprint density at radius 2 is 1.59 bits per heavy atom. The predicted octanol–water partition coefficient (Wildman–Crippen LogP) is 4.80. The van der Waals surface area contributed by atoms with Gasteiger partial charge in [-0.05, 0) is 42.0 Å². The van der Waals surface area contributed by atoms with Gasteiger partial charge in [-0.3, -0.25) is 0 Å². The molecule has 29 heavy (non-hydrogen) atoms. The summed E-state index contributed by atoms with van der Waals surface area (Å²) < 4.78 is 17.4. The quantitative estimate of drug-likeness (QED) is 0.249. The number of carbonyl (C=O) groups excluding carboxylic acids is 1. The summed E-state index contributed by atoms with van der Waals surface area (Å²) in [5.41, 5.74) is 1.72. The van der Waals surface area contributed by atoms with Gasteiger partial charge in [-0.2, -0.15) is 0 Å². The first kappa shape index (κ1) is 21.5. The van der Waals surface area contributed by atoms with E-state index in [1.54, 1.807) is 66.2 Å². The van der Waals surface area contributed by atoms with Crippen LogP contribution in [0.4, 0.5) is 0 Å². The largest absolute Gasteiger partial charge is 0.497 e. The summed E-state index contributed by atoms with van der Waals surface area (Å²) in [4.78, 5) is 11.4. The summed E-state index contributed by atoms with van der Waals surface area (Å²) in [6.07, 6.45) is 0. The summed E-state index contributed by atoms with van der Waals surface area (Å²) in [6.45, 7) is 0.538. The molecule has 0 saturated heterocycles. The van der Waals surface area contributed by atoms with Crippen molar-refractivity contribution in [3.8, 4) is 11.5 Å². The topological polar surface area (TPSA) is 70.5 Å². The minimum absolute atomic E-state index is 0.357. The zero-order chi connectivity index (χ0) is 20.5. The molecule has 9 heteroatoms. The summed E-state index contributed by atoms with van der Waals surface area (Å²) in [7, 11) is 3.02. The molecule has 2 aromatic carbocycles. The van der Waals surface area contributed by atoms with Gasteiger partial charge in [-0.25, -0.2) is 4.79 Å². The van der Waals surface area contributed by atoms with Crippen LogP contribution in [-0.4, -0.2) is 42.7 Å². The second-order valence-electron chi connectivity index (χ2n) is 5.68. The third kappa shape index (κ3) is 6.66. The van der Waals surface area contributed by atoms with Gasteiger partial charge in [0.15, 0.2) is 8.68 Å². The number of rotatable bonds is 10. The molecule has 1 heterocycles. The number of methoxy groups -OCH3 is 2. The molecule has 0 aliphatic carbocycles. The van der Waals surface area contributed by atoms with Crippen molar-refractivity contribution in [3.63, 3.8) is 0 Å². The number of esters is 1. The van der Waals surface area contributed by atoms with Gasteiger partial charge in [-0.15, -0.1) is 10.2 Å². The molecule has 0 N–H and O–H groups in total. The molecule has 0 unspecified atom stereocenters. The SMILES string of the molecule is COC(=O)c1ccc(OCCSc2nnc(SCc3ccc(OC)cc3)s2)cc1. The zero-order valence-corrected chi connectivity index (χ0v) is 18.4. The van der Waals surface area contributed by atoms with E-state index in [4.69, 9.17) is 9.47 Å². The monoisotopic (exact) mass is 448 g/mol. The van der Waals surface area contributed by atoms with E-state index in [-0.39, 0.29) is 5.97 Å². The van der Waals surface area contributed by atoms with E-state index in [1.165, 1.54) is 12.7 Å². The Morgan fingerprint density at radius 3 is 2.24 bits per heavy atom. The van der Waals surface area contributed by atoms with E-state index >= 15 is 0 Å². The third-order valence-corrected chi connectivity index (χ3v) is 6.99. The van der Waals surface area contributed by atoms with Crippen LogP contribution in [0, 0.1) is 0 Å². The lowest BCUT2D eigenvalue weighted by Gasteiger charge is -2.05. The predicted molar refractivity (Wildman–Crippen MR) is 116 cm³/mol. The highest BCUT2D eigenvalue weighted by Crippen LogP contribution is 2.31. The molecule has 0 saturated carbocycles. The minimum atomic E-state index is -0.357. The number of nitrogens with zero attached hydrogens (tertiary/aromatic N) is 2. The van der Waals surface area contributed by atoms with Crippen LogP contribution < -0.4 is 9.47 Å². The van der Waals surface area contributed by atoms with Crippen LogP contribution in [-0.2, 0) is 10.5 Å². The Morgan fingerprint density at radius 1 is 0.931 bits per heavy atom. The fourth-order valence-corrected chi connectivity index (χ4v) is 5.14. The molecule has 1 aromatic heterocycles. The first-order valence-corrected chi connectivity index (χ1v) is 11.5. The third-order valence-electron chi connectivity index (χ3n) is 3.76. The van der Waals surface area contributed by atoms with Crippen LogP contribution in [0.25, 0.3) is 0 Å². The van der Waals surface area contributed by atoms with E-state index in [0.29, 0.717) is 17.9 Å². The molecule has 3 aromatic rings. The normalized spacial score (nSPS) is 10.6. The number of hydrogen-bond donors (Lipinski definition) is 0. The van der Waals surface area contributed by atoms with Crippen molar-refractivity contribution in [2.24, 2.45) is 0 Å². The lowest BCUT2D eigenvalue weighted by atomic mass is 10.2. The highest BCUT2D eigenvalue weighted by Gasteiger charge is 2.07. The van der Waals surface area contributed by atoms with Gasteiger partial charge in [0.25, 0.3) is 0 Å². The molecule has 0 bridgehead atoms. The molecular formula is C20H20N2O4S3. The minimum Gasteiger partial charge on any atom is -0.497 e. The molecule has 0 fully saturated rings. The van der Waals surface area contributed by atoms with E-state index < -0.39 is 0 Å². The number of thioether (sulfide) groups is 2. The van der Waals surface area contributed by atoms with Crippen LogP contribution in [0.5, 0.6) is 11.5 Å². The van der Waals surface area contributed by atoms with Crippen LogP contribution in [0.2, 0.25) is 0 Å². The number of benzene rings is 2. The lowest BCUT2D eigenvalue weighted by molar-refractivity contribution is 0.0600. The number of aromatic nitrogens is 2. The highest BCUT2D eigenvalue weighted by molar-refractivity contribution is 8.02. The van der Waals surface area contributed by atoms with Crippen molar-refractivity contribution in [1.29, 1.82) is 0 Å². The van der Waals surface area contributed by atoms with E-state index in [1.807, 2.05) is 12.1 Å². The summed E-state index contributed by atoms with van der Waals surface area (Å²) in [5, 5.41) is 8.46. The second kappa shape index (κ2) is 11.1. The zero-order valence-electron chi connectivity index (χ0n) is 16.0. The smallest absolute Gasteiger partial charge is 0.337 e. The van der Waals surface area contributed by atoms with Gasteiger partial charge < -0.3 is 14.2 Å². The van der Waals surface area contributed by atoms with Crippen molar-refractivity contribution in [2.75, 3.05) is 26.6 Å². The first-order chi connectivity index (χ1) is 14.2. The fourth-order valence-electron chi connectivity index (χ4n) is 2.27. The van der Waals surface area contributed by atoms with Gasteiger partial charge in [0, 0.05) is 11.5 Å². The molecule has 0 spiro atoms. The summed E-state index contributed by atoms with van der Waals surface area (Å²) in [5.74, 6) is 2.81. The highest BCUT2D eigenvalue weighted by atomic mass is 32.2. The Labute approximate surface area is 182 Å². The molecule has 0 radical (unpaired) electrons. The van der Waals surface area contributed by atoms with Crippen LogP contribution in [0.1, 0.15) is 15.9 Å². The first-order valence-electron chi connectivity index (χ1n) is 8.71. The Hall–Kier alpha value is -2.23. The Kier molecular flexibility index (Phi) is 8.21. The van der Waals surface area contributed by atoms with Crippen molar-refractivity contribution < 1.29 is 19.0 Å². The molecule has 6 nitrogen and oxygen atoms in total. The molecular weight excluding hydrogens is 428 g/mol. The van der Waals surface area contributed by atoms with E-state index in [0.717, 1.165) is 25.9 Å². The van der Waals surface area contributed by atoms with Crippen molar-refractivity contribution in [3.05, 3.63) is 59.7 Å². The van der Waals surface area contributed by atoms with Crippen LogP contribution in [0.15, 0.2) is 57.2 Å². The van der Waals surface area contributed by atoms with Crippen molar-refractivity contribution >= 4 is 40.8 Å². The second-order valence-corrected chi connectivity index (χ2v) is 9.23. The molecule has 3 rings (SSSR count). The Bertz CT molecular complexity index is 914. The number of carbonyl (C=O) groups is 1. The molecule has 0 atom stereocenters. The maximum atomic E-state index is 11.4. The van der Waals surface area contributed by atoms with Crippen molar-refractivity contribution in [2.45, 2.75) is 14.4 Å². The van der Waals surface area contributed by atoms with E-state index in [9.17, 15) is 4.79 Å². The maximum Gasteiger partial charge on any atom is 0.337 e. The van der Waals surface area contributed by atoms with E-state index in [2.05, 4.69) is 27.1 Å². The van der Waals surface area contributed by atoms with Crippen LogP contribution >= 0.6 is 34.9 Å². The molecule has 0 aliphatic rings.